The van der Waals surface area contributed by atoms with Gasteiger partial charge in [-0.1, -0.05) is 110 Å². The summed E-state index contributed by atoms with van der Waals surface area (Å²) in [6.07, 6.45) is 3.23. The van der Waals surface area contributed by atoms with Crippen molar-refractivity contribution < 1.29 is 19.4 Å². The number of piperidine rings is 1. The number of carbonyl (C=O) groups excluding carboxylic acids is 1. The van der Waals surface area contributed by atoms with E-state index in [9.17, 15) is 9.90 Å². The summed E-state index contributed by atoms with van der Waals surface area (Å²) < 4.78 is 13.4. The first-order valence-electron chi connectivity index (χ1n) is 16.5. The number of hydrogen-bond acceptors (Lipinski definition) is 5. The van der Waals surface area contributed by atoms with Gasteiger partial charge in [-0.2, -0.15) is 0 Å². The molecule has 0 unspecified atom stereocenters. The Labute approximate surface area is 272 Å². The smallest absolute Gasteiger partial charge is 0.315 e. The van der Waals surface area contributed by atoms with E-state index in [0.717, 1.165) is 58.6 Å². The Bertz CT molecular complexity index is 1540. The zero-order chi connectivity index (χ0) is 31.7. The lowest BCUT2D eigenvalue weighted by Crippen LogP contribution is -2.45. The molecule has 2 saturated heterocycles. The molecule has 2 heterocycles. The van der Waals surface area contributed by atoms with Crippen LogP contribution in [0.3, 0.4) is 0 Å². The number of amides is 2. The van der Waals surface area contributed by atoms with Crippen LogP contribution in [0.4, 0.5) is 4.79 Å². The third kappa shape index (κ3) is 8.22. The fraction of sp³-hybridized carbons (Fsp3) is 0.359. The summed E-state index contributed by atoms with van der Waals surface area (Å²) in [5.74, 6) is 0.175. The van der Waals surface area contributed by atoms with Crippen molar-refractivity contribution in [3.8, 4) is 11.1 Å². The number of aliphatic hydroxyl groups is 1. The molecule has 2 fully saturated rings. The van der Waals surface area contributed by atoms with Gasteiger partial charge in [-0.25, -0.2) is 4.79 Å². The first kappa shape index (κ1) is 32.0. The molecule has 240 valence electrons. The molecule has 4 aromatic rings. The van der Waals surface area contributed by atoms with E-state index in [1.165, 1.54) is 19.3 Å². The van der Waals surface area contributed by atoms with Gasteiger partial charge in [0.2, 0.25) is 0 Å². The zero-order valence-corrected chi connectivity index (χ0v) is 26.6. The Hall–Kier alpha value is -4.01. The van der Waals surface area contributed by atoms with Gasteiger partial charge in [-0.05, 0) is 65.4 Å². The van der Waals surface area contributed by atoms with Crippen molar-refractivity contribution in [2.75, 3.05) is 19.6 Å². The number of benzene rings is 4. The van der Waals surface area contributed by atoms with Crippen molar-refractivity contribution >= 4 is 6.03 Å². The van der Waals surface area contributed by atoms with E-state index in [1.807, 2.05) is 54.6 Å². The topological polar surface area (TPSA) is 83.1 Å². The maximum Gasteiger partial charge on any atom is 0.315 e. The van der Waals surface area contributed by atoms with Crippen LogP contribution in [0.5, 0.6) is 0 Å². The first-order valence-corrected chi connectivity index (χ1v) is 16.5. The van der Waals surface area contributed by atoms with Crippen LogP contribution in [0.25, 0.3) is 11.1 Å². The molecule has 3 N–H and O–H groups in total. The van der Waals surface area contributed by atoms with Crippen LogP contribution in [0, 0.1) is 5.92 Å². The molecule has 0 aliphatic carbocycles. The lowest BCUT2D eigenvalue weighted by molar-refractivity contribution is -0.276. The van der Waals surface area contributed by atoms with Gasteiger partial charge in [0.1, 0.15) is 0 Å². The van der Waals surface area contributed by atoms with E-state index < -0.39 is 6.29 Å². The molecule has 0 saturated carbocycles. The number of urea groups is 1. The van der Waals surface area contributed by atoms with Crippen LogP contribution in [0.15, 0.2) is 103 Å². The highest BCUT2D eigenvalue weighted by molar-refractivity contribution is 5.74. The normalized spacial score (nSPS) is 21.9. The minimum atomic E-state index is -0.479. The molecule has 7 heteroatoms. The Balaban J connectivity index is 1.12. The number of nitrogens with zero attached hydrogens (tertiary/aromatic N) is 1. The van der Waals surface area contributed by atoms with Crippen molar-refractivity contribution in [2.45, 2.75) is 64.4 Å². The Morgan fingerprint density at radius 1 is 0.739 bits per heavy atom. The van der Waals surface area contributed by atoms with Crippen LogP contribution < -0.4 is 10.6 Å². The predicted octanol–water partition coefficient (Wildman–Crippen LogP) is 7.12. The number of ether oxygens (including phenoxy) is 2. The van der Waals surface area contributed by atoms with Crippen LogP contribution in [0.2, 0.25) is 0 Å². The lowest BCUT2D eigenvalue weighted by atomic mass is 9.89. The second kappa shape index (κ2) is 15.5. The number of aliphatic hydroxyl groups excluding tert-OH is 1. The molecule has 46 heavy (non-hydrogen) atoms. The van der Waals surface area contributed by atoms with E-state index in [2.05, 4.69) is 71.0 Å². The monoisotopic (exact) mass is 619 g/mol. The molecule has 6 rings (SSSR count). The molecular formula is C39H45N3O4. The van der Waals surface area contributed by atoms with E-state index in [0.29, 0.717) is 13.1 Å². The molecule has 2 amide bonds. The fourth-order valence-corrected chi connectivity index (χ4v) is 6.44. The average Bonchev–Trinajstić information content (AvgIpc) is 3.12. The summed E-state index contributed by atoms with van der Waals surface area (Å²) in [6.45, 7) is 6.32. The third-order valence-electron chi connectivity index (χ3n) is 9.20. The average molecular weight is 620 g/mol. The number of carbonyl (C=O) groups is 1. The molecule has 0 bridgehead atoms. The molecule has 0 spiro atoms. The minimum absolute atomic E-state index is 0.0283. The summed E-state index contributed by atoms with van der Waals surface area (Å²) in [6, 6.07) is 34.5. The van der Waals surface area contributed by atoms with E-state index in [4.69, 9.17) is 9.47 Å². The van der Waals surface area contributed by atoms with Gasteiger partial charge in [0.15, 0.2) is 6.29 Å². The standard InChI is InChI=1S/C39H45N3O4/c1-28-36(26-42-21-6-3-7-22-42)45-38(46-37(28)33-15-13-30(27-43)14-16-33)34-19-17-32(18-20-34)35-12-8-11-31(23-35)25-41-39(44)40-24-29-9-4-2-5-10-29/h2,4-5,8-20,23,28,36-38,43H,3,6-7,21-22,24-27H2,1H3,(H2,40,41,44)/t28-,36+,37+,38+/m0/s1. The maximum absolute atomic E-state index is 12.4. The second-order valence-corrected chi connectivity index (χ2v) is 12.5. The van der Waals surface area contributed by atoms with Gasteiger partial charge in [-0.3, -0.25) is 0 Å². The van der Waals surface area contributed by atoms with E-state index >= 15 is 0 Å². The Morgan fingerprint density at radius 2 is 1.41 bits per heavy atom. The number of likely N-dealkylation sites (tertiary alicyclic amines) is 1. The zero-order valence-electron chi connectivity index (χ0n) is 26.6. The summed E-state index contributed by atoms with van der Waals surface area (Å²) in [5.41, 5.74) is 7.25. The quantitative estimate of drug-likeness (QED) is 0.176. The van der Waals surface area contributed by atoms with Gasteiger partial charge in [0, 0.05) is 31.1 Å². The molecular weight excluding hydrogens is 574 g/mol. The Morgan fingerprint density at radius 3 is 2.13 bits per heavy atom. The van der Waals surface area contributed by atoms with Crippen molar-refractivity contribution in [1.29, 1.82) is 0 Å². The van der Waals surface area contributed by atoms with Gasteiger partial charge in [-0.15, -0.1) is 0 Å². The first-order chi connectivity index (χ1) is 22.6. The fourth-order valence-electron chi connectivity index (χ4n) is 6.44. The summed E-state index contributed by atoms with van der Waals surface area (Å²) in [4.78, 5) is 14.9. The van der Waals surface area contributed by atoms with E-state index in [1.54, 1.807) is 0 Å². The molecule has 2 aliphatic rings. The molecule has 0 aromatic heterocycles. The summed E-state index contributed by atoms with van der Waals surface area (Å²) >= 11 is 0. The SMILES string of the molecule is C[C@H]1[C@@H](CN2CCCCC2)O[C@@H](c2ccc(-c3cccc(CNC(=O)NCc4ccccc4)c3)cc2)O[C@H]1c1ccc(CO)cc1. The third-order valence-corrected chi connectivity index (χ3v) is 9.20. The molecule has 4 atom stereocenters. The second-order valence-electron chi connectivity index (χ2n) is 12.5. The summed E-state index contributed by atoms with van der Waals surface area (Å²) in [5, 5.41) is 15.4. The van der Waals surface area contributed by atoms with Crippen LogP contribution >= 0.6 is 0 Å². The lowest BCUT2D eigenvalue weighted by Gasteiger charge is -2.43. The highest BCUT2D eigenvalue weighted by Crippen LogP contribution is 2.42. The maximum atomic E-state index is 12.4. The molecule has 4 aromatic carbocycles. The van der Waals surface area contributed by atoms with Gasteiger partial charge < -0.3 is 30.1 Å². The van der Waals surface area contributed by atoms with E-state index in [-0.39, 0.29) is 30.8 Å². The van der Waals surface area contributed by atoms with Crippen LogP contribution in [0.1, 0.15) is 66.4 Å². The van der Waals surface area contributed by atoms with Gasteiger partial charge in [0.25, 0.3) is 0 Å². The Kier molecular flexibility index (Phi) is 10.8. The summed E-state index contributed by atoms with van der Waals surface area (Å²) in [7, 11) is 0. The number of rotatable bonds is 10. The largest absolute Gasteiger partial charge is 0.392 e. The van der Waals surface area contributed by atoms with Crippen molar-refractivity contribution in [3.05, 3.63) is 131 Å². The number of nitrogens with one attached hydrogen (secondary N) is 2. The van der Waals surface area contributed by atoms with Crippen LogP contribution in [-0.4, -0.2) is 41.8 Å². The van der Waals surface area contributed by atoms with Crippen molar-refractivity contribution in [3.63, 3.8) is 0 Å². The molecule has 7 nitrogen and oxygen atoms in total. The van der Waals surface area contributed by atoms with Crippen molar-refractivity contribution in [2.24, 2.45) is 5.92 Å². The van der Waals surface area contributed by atoms with Crippen LogP contribution in [-0.2, 0) is 29.2 Å². The molecule has 2 aliphatic heterocycles. The molecule has 0 radical (unpaired) electrons. The number of hydrogen-bond donors (Lipinski definition) is 3. The predicted molar refractivity (Wildman–Crippen MR) is 181 cm³/mol. The van der Waals surface area contributed by atoms with Crippen molar-refractivity contribution in [1.82, 2.24) is 15.5 Å². The van der Waals surface area contributed by atoms with Gasteiger partial charge >= 0.3 is 6.03 Å². The minimum Gasteiger partial charge on any atom is -0.392 e. The highest BCUT2D eigenvalue weighted by Gasteiger charge is 2.39. The highest BCUT2D eigenvalue weighted by atomic mass is 16.7. The van der Waals surface area contributed by atoms with Gasteiger partial charge in [0.05, 0.1) is 18.8 Å².